The SMILES string of the molecule is O=C(Nc1cccc(-c2ccnc3c(C(=O)c4ccco4)cnn23)c1)c1ccccc1. The van der Waals surface area contributed by atoms with Crippen molar-refractivity contribution in [1.82, 2.24) is 14.6 Å². The van der Waals surface area contributed by atoms with Gasteiger partial charge in [0.2, 0.25) is 5.78 Å². The maximum absolute atomic E-state index is 12.7. The van der Waals surface area contributed by atoms with Gasteiger partial charge in [-0.25, -0.2) is 9.50 Å². The molecular weight excluding hydrogens is 392 g/mol. The zero-order valence-electron chi connectivity index (χ0n) is 16.2. The van der Waals surface area contributed by atoms with Gasteiger partial charge in [0, 0.05) is 23.0 Å². The fourth-order valence-corrected chi connectivity index (χ4v) is 3.36. The molecule has 7 heteroatoms. The van der Waals surface area contributed by atoms with E-state index >= 15 is 0 Å². The lowest BCUT2D eigenvalue weighted by molar-refractivity contribution is 0.101. The van der Waals surface area contributed by atoms with E-state index in [1.54, 1.807) is 41.0 Å². The van der Waals surface area contributed by atoms with Gasteiger partial charge in [0.25, 0.3) is 5.91 Å². The van der Waals surface area contributed by atoms with Crippen LogP contribution in [-0.4, -0.2) is 26.3 Å². The Morgan fingerprint density at radius 1 is 0.935 bits per heavy atom. The van der Waals surface area contributed by atoms with Crippen molar-refractivity contribution in [2.75, 3.05) is 5.32 Å². The number of ketones is 1. The number of furan rings is 1. The first kappa shape index (κ1) is 18.5. The minimum absolute atomic E-state index is 0.192. The zero-order valence-corrected chi connectivity index (χ0v) is 16.2. The van der Waals surface area contributed by atoms with Crippen LogP contribution >= 0.6 is 0 Å². The molecule has 3 heterocycles. The van der Waals surface area contributed by atoms with Crippen LogP contribution in [0.25, 0.3) is 16.9 Å². The fourth-order valence-electron chi connectivity index (χ4n) is 3.36. The van der Waals surface area contributed by atoms with Gasteiger partial charge in [0.05, 0.1) is 23.7 Å². The summed E-state index contributed by atoms with van der Waals surface area (Å²) in [6.07, 6.45) is 4.56. The van der Waals surface area contributed by atoms with Crippen molar-refractivity contribution in [3.63, 3.8) is 0 Å². The van der Waals surface area contributed by atoms with Crippen LogP contribution in [0.4, 0.5) is 5.69 Å². The highest BCUT2D eigenvalue weighted by molar-refractivity contribution is 6.11. The molecule has 3 aromatic heterocycles. The molecule has 7 nitrogen and oxygen atoms in total. The first-order valence-electron chi connectivity index (χ1n) is 9.58. The molecular formula is C24H16N4O3. The van der Waals surface area contributed by atoms with Gasteiger partial charge in [-0.2, -0.15) is 5.10 Å². The number of nitrogens with zero attached hydrogens (tertiary/aromatic N) is 3. The molecule has 31 heavy (non-hydrogen) atoms. The Kier molecular flexibility index (Phi) is 4.61. The molecule has 0 unspecified atom stereocenters. The number of rotatable bonds is 5. The normalized spacial score (nSPS) is 10.8. The predicted octanol–water partition coefficient (Wildman–Crippen LogP) is 4.47. The summed E-state index contributed by atoms with van der Waals surface area (Å²) in [5.74, 6) is -0.246. The Morgan fingerprint density at radius 2 is 1.81 bits per heavy atom. The van der Waals surface area contributed by atoms with E-state index in [-0.39, 0.29) is 17.5 Å². The molecule has 1 N–H and O–H groups in total. The molecule has 0 fully saturated rings. The van der Waals surface area contributed by atoms with Crippen molar-refractivity contribution in [1.29, 1.82) is 0 Å². The van der Waals surface area contributed by atoms with E-state index in [0.29, 0.717) is 22.5 Å². The number of carbonyl (C=O) groups is 2. The molecule has 0 atom stereocenters. The summed E-state index contributed by atoms with van der Waals surface area (Å²) in [5, 5.41) is 7.28. The molecule has 0 aliphatic rings. The Hall–Kier alpha value is -4.52. The molecule has 1 amide bonds. The maximum atomic E-state index is 12.7. The van der Waals surface area contributed by atoms with Crippen molar-refractivity contribution in [3.8, 4) is 11.3 Å². The van der Waals surface area contributed by atoms with E-state index < -0.39 is 0 Å². The summed E-state index contributed by atoms with van der Waals surface area (Å²) in [5.41, 5.74) is 3.56. The highest BCUT2D eigenvalue weighted by atomic mass is 16.3. The molecule has 150 valence electrons. The maximum Gasteiger partial charge on any atom is 0.255 e. The number of aromatic nitrogens is 3. The smallest absolute Gasteiger partial charge is 0.255 e. The van der Waals surface area contributed by atoms with Crippen molar-refractivity contribution in [2.24, 2.45) is 0 Å². The van der Waals surface area contributed by atoms with Crippen molar-refractivity contribution < 1.29 is 14.0 Å². The summed E-state index contributed by atoms with van der Waals surface area (Å²) in [6.45, 7) is 0. The second-order valence-electron chi connectivity index (χ2n) is 6.83. The third-order valence-corrected chi connectivity index (χ3v) is 4.84. The minimum atomic E-state index is -0.284. The summed E-state index contributed by atoms with van der Waals surface area (Å²) in [4.78, 5) is 29.5. The van der Waals surface area contributed by atoms with Crippen LogP contribution < -0.4 is 5.32 Å². The Bertz CT molecular complexity index is 1390. The average molecular weight is 408 g/mol. The summed E-state index contributed by atoms with van der Waals surface area (Å²) < 4.78 is 6.82. The van der Waals surface area contributed by atoms with Gasteiger partial charge in [-0.15, -0.1) is 0 Å². The standard InChI is InChI=1S/C24H16N4O3/c29-22(21-10-5-13-31-21)19-15-26-28-20(11-12-25-23(19)28)17-8-4-9-18(14-17)27-24(30)16-6-2-1-3-7-16/h1-15H,(H,27,30). The van der Waals surface area contributed by atoms with Crippen LogP contribution in [0.3, 0.4) is 0 Å². The lowest BCUT2D eigenvalue weighted by Gasteiger charge is -2.09. The minimum Gasteiger partial charge on any atom is -0.461 e. The van der Waals surface area contributed by atoms with Crippen LogP contribution in [0.2, 0.25) is 0 Å². The van der Waals surface area contributed by atoms with Crippen molar-refractivity contribution in [2.45, 2.75) is 0 Å². The Balaban J connectivity index is 1.49. The van der Waals surface area contributed by atoms with Gasteiger partial charge in [-0.3, -0.25) is 9.59 Å². The lowest BCUT2D eigenvalue weighted by atomic mass is 10.1. The molecule has 0 spiro atoms. The van der Waals surface area contributed by atoms with Gasteiger partial charge in [-0.1, -0.05) is 30.3 Å². The van der Waals surface area contributed by atoms with E-state index in [1.807, 2.05) is 42.5 Å². The van der Waals surface area contributed by atoms with Crippen LogP contribution in [0.15, 0.2) is 95.9 Å². The van der Waals surface area contributed by atoms with E-state index in [0.717, 1.165) is 11.3 Å². The van der Waals surface area contributed by atoms with Gasteiger partial charge < -0.3 is 9.73 Å². The highest BCUT2D eigenvalue weighted by Crippen LogP contribution is 2.25. The average Bonchev–Trinajstić information content (AvgIpc) is 3.50. The molecule has 0 saturated carbocycles. The van der Waals surface area contributed by atoms with Crippen LogP contribution in [-0.2, 0) is 0 Å². The first-order valence-corrected chi connectivity index (χ1v) is 9.58. The number of carbonyl (C=O) groups excluding carboxylic acids is 2. The fraction of sp³-hybridized carbons (Fsp3) is 0. The van der Waals surface area contributed by atoms with Gasteiger partial charge in [0.15, 0.2) is 11.4 Å². The van der Waals surface area contributed by atoms with E-state index in [4.69, 9.17) is 4.42 Å². The lowest BCUT2D eigenvalue weighted by Crippen LogP contribution is -2.11. The van der Waals surface area contributed by atoms with Crippen molar-refractivity contribution in [3.05, 3.63) is 108 Å². The van der Waals surface area contributed by atoms with Crippen LogP contribution in [0.1, 0.15) is 26.5 Å². The van der Waals surface area contributed by atoms with Gasteiger partial charge in [0.1, 0.15) is 0 Å². The molecule has 0 aliphatic carbocycles. The molecule has 5 aromatic rings. The van der Waals surface area contributed by atoms with E-state index in [1.165, 1.54) is 12.5 Å². The first-order chi connectivity index (χ1) is 15.2. The monoisotopic (exact) mass is 408 g/mol. The second kappa shape index (κ2) is 7.72. The zero-order chi connectivity index (χ0) is 21.2. The molecule has 2 aromatic carbocycles. The number of amides is 1. The van der Waals surface area contributed by atoms with E-state index in [2.05, 4.69) is 15.4 Å². The molecule has 0 radical (unpaired) electrons. The highest BCUT2D eigenvalue weighted by Gasteiger charge is 2.19. The predicted molar refractivity (Wildman–Crippen MR) is 115 cm³/mol. The molecule has 0 aliphatic heterocycles. The Morgan fingerprint density at radius 3 is 2.61 bits per heavy atom. The molecule has 0 bridgehead atoms. The van der Waals surface area contributed by atoms with Crippen LogP contribution in [0.5, 0.6) is 0 Å². The largest absolute Gasteiger partial charge is 0.461 e. The third kappa shape index (κ3) is 3.49. The van der Waals surface area contributed by atoms with Crippen molar-refractivity contribution >= 4 is 23.0 Å². The summed E-state index contributed by atoms with van der Waals surface area (Å²) >= 11 is 0. The van der Waals surface area contributed by atoms with Gasteiger partial charge in [-0.05, 0) is 42.5 Å². The topological polar surface area (TPSA) is 89.5 Å². The number of benzene rings is 2. The van der Waals surface area contributed by atoms with Gasteiger partial charge >= 0.3 is 0 Å². The number of nitrogens with one attached hydrogen (secondary N) is 1. The number of anilines is 1. The number of fused-ring (bicyclic) bond motifs is 1. The quantitative estimate of drug-likeness (QED) is 0.433. The molecule has 0 saturated heterocycles. The third-order valence-electron chi connectivity index (χ3n) is 4.84. The molecule has 5 rings (SSSR count). The summed E-state index contributed by atoms with van der Waals surface area (Å²) in [7, 11) is 0. The van der Waals surface area contributed by atoms with E-state index in [9.17, 15) is 9.59 Å². The number of hydrogen-bond acceptors (Lipinski definition) is 5. The Labute approximate surface area is 177 Å². The van der Waals surface area contributed by atoms with Crippen LogP contribution in [0, 0.1) is 0 Å². The second-order valence-corrected chi connectivity index (χ2v) is 6.83. The number of hydrogen-bond donors (Lipinski definition) is 1. The summed E-state index contributed by atoms with van der Waals surface area (Å²) in [6, 6.07) is 21.5.